The molecule has 0 radical (unpaired) electrons. The van der Waals surface area contributed by atoms with E-state index in [2.05, 4.69) is 5.32 Å². The number of halogens is 3. The van der Waals surface area contributed by atoms with Crippen molar-refractivity contribution in [2.24, 2.45) is 0 Å². The van der Waals surface area contributed by atoms with E-state index in [0.29, 0.717) is 23.3 Å². The smallest absolute Gasteiger partial charge is 0.416 e. The van der Waals surface area contributed by atoms with Crippen molar-refractivity contribution in [3.63, 3.8) is 0 Å². The van der Waals surface area contributed by atoms with Gasteiger partial charge in [-0.25, -0.2) is 0 Å². The van der Waals surface area contributed by atoms with E-state index in [1.165, 1.54) is 12.1 Å². The number of amides is 1. The first-order valence-electron chi connectivity index (χ1n) is 10.7. The van der Waals surface area contributed by atoms with Crippen molar-refractivity contribution in [1.29, 1.82) is 0 Å². The van der Waals surface area contributed by atoms with E-state index in [0.717, 1.165) is 23.3 Å². The zero-order valence-electron chi connectivity index (χ0n) is 18.4. The molecule has 0 aliphatic rings. The molecule has 8 heteroatoms. The van der Waals surface area contributed by atoms with E-state index in [9.17, 15) is 22.8 Å². The average Bonchev–Trinajstić information content (AvgIpc) is 2.82. The van der Waals surface area contributed by atoms with Crippen molar-refractivity contribution < 1.29 is 32.6 Å². The van der Waals surface area contributed by atoms with Crippen molar-refractivity contribution in [1.82, 2.24) is 5.32 Å². The highest BCUT2D eigenvalue weighted by atomic mass is 19.4. The summed E-state index contributed by atoms with van der Waals surface area (Å²) in [5.74, 6) is -0.776. The van der Waals surface area contributed by atoms with Gasteiger partial charge in [0, 0.05) is 12.1 Å². The number of hydrogen-bond donors (Lipinski definition) is 2. The Balaban J connectivity index is 1.64. The second kappa shape index (κ2) is 10.9. The number of carboxylic acid groups (broad SMARTS) is 1. The van der Waals surface area contributed by atoms with E-state index in [1.54, 1.807) is 24.3 Å². The van der Waals surface area contributed by atoms with Crippen LogP contribution in [0.3, 0.4) is 0 Å². The molecule has 0 aliphatic carbocycles. The van der Waals surface area contributed by atoms with Crippen LogP contribution in [0.25, 0.3) is 11.1 Å². The number of ether oxygens (including phenoxy) is 1. The van der Waals surface area contributed by atoms with Gasteiger partial charge in [-0.1, -0.05) is 43.3 Å². The molecule has 0 heterocycles. The molecule has 0 unspecified atom stereocenters. The van der Waals surface area contributed by atoms with Crippen LogP contribution in [0.15, 0.2) is 72.8 Å². The lowest BCUT2D eigenvalue weighted by molar-refractivity contribution is -0.138. The third kappa shape index (κ3) is 6.60. The minimum absolute atomic E-state index is 0.0484. The molecule has 2 N–H and O–H groups in total. The van der Waals surface area contributed by atoms with Crippen LogP contribution >= 0.6 is 0 Å². The fraction of sp³-hybridized carbons (Fsp3) is 0.231. The van der Waals surface area contributed by atoms with Gasteiger partial charge in [-0.05, 0) is 59.5 Å². The van der Waals surface area contributed by atoms with Gasteiger partial charge in [-0.15, -0.1) is 0 Å². The van der Waals surface area contributed by atoms with Crippen LogP contribution in [0.1, 0.15) is 47.4 Å². The summed E-state index contributed by atoms with van der Waals surface area (Å²) in [6.45, 7) is 2.02. The minimum atomic E-state index is -4.36. The molecule has 1 amide bonds. The molecule has 0 fully saturated rings. The van der Waals surface area contributed by atoms with Crippen molar-refractivity contribution >= 4 is 11.9 Å². The largest absolute Gasteiger partial charge is 0.486 e. The van der Waals surface area contributed by atoms with Crippen molar-refractivity contribution in [2.45, 2.75) is 32.0 Å². The summed E-state index contributed by atoms with van der Waals surface area (Å²) in [5, 5.41) is 11.2. The number of hydrogen-bond acceptors (Lipinski definition) is 3. The van der Waals surface area contributed by atoms with Gasteiger partial charge in [-0.2, -0.15) is 13.2 Å². The molecular formula is C26H24F3NO4. The lowest BCUT2D eigenvalue weighted by atomic mass is 10.00. The van der Waals surface area contributed by atoms with Gasteiger partial charge in [0.1, 0.15) is 11.9 Å². The lowest BCUT2D eigenvalue weighted by Crippen LogP contribution is -2.25. The van der Waals surface area contributed by atoms with Crippen molar-refractivity contribution in [3.8, 4) is 16.9 Å². The van der Waals surface area contributed by atoms with Gasteiger partial charge in [0.25, 0.3) is 5.91 Å². The zero-order valence-corrected chi connectivity index (χ0v) is 18.4. The summed E-state index contributed by atoms with van der Waals surface area (Å²) in [4.78, 5) is 22.6. The van der Waals surface area contributed by atoms with Crippen LogP contribution in [-0.2, 0) is 11.0 Å². The number of alkyl halides is 3. The van der Waals surface area contributed by atoms with E-state index in [-0.39, 0.29) is 25.0 Å². The molecule has 178 valence electrons. The molecule has 0 spiro atoms. The maximum absolute atomic E-state index is 12.8. The number of carboxylic acids is 1. The quantitative estimate of drug-likeness (QED) is 0.395. The fourth-order valence-corrected chi connectivity index (χ4v) is 3.36. The maximum atomic E-state index is 12.8. The first-order valence-corrected chi connectivity index (χ1v) is 10.7. The Bertz CT molecular complexity index is 1110. The van der Waals surface area contributed by atoms with Crippen LogP contribution in [0, 0.1) is 0 Å². The number of nitrogens with one attached hydrogen (secondary N) is 1. The SMILES string of the molecule is CC[C@@H](Oc1ccc(C(=O)NCCC(=O)O)cc1)c1ccc(-c2ccc(C(F)(F)F)cc2)cc1. The molecule has 0 aromatic heterocycles. The summed E-state index contributed by atoms with van der Waals surface area (Å²) in [7, 11) is 0. The highest BCUT2D eigenvalue weighted by molar-refractivity contribution is 5.94. The molecule has 0 saturated carbocycles. The number of carbonyl (C=O) groups excluding carboxylic acids is 1. The first kappa shape index (κ1) is 24.8. The van der Waals surface area contributed by atoms with Gasteiger partial charge >= 0.3 is 12.1 Å². The molecule has 0 bridgehead atoms. The number of aliphatic carboxylic acids is 1. The summed E-state index contributed by atoms with van der Waals surface area (Å²) >= 11 is 0. The van der Waals surface area contributed by atoms with Crippen molar-refractivity contribution in [3.05, 3.63) is 89.5 Å². The Hall–Kier alpha value is -3.81. The highest BCUT2D eigenvalue weighted by Crippen LogP contribution is 2.32. The molecular weight excluding hydrogens is 447 g/mol. The van der Waals surface area contributed by atoms with Gasteiger partial charge in [0.15, 0.2) is 0 Å². The summed E-state index contributed by atoms with van der Waals surface area (Å²) in [5.41, 5.74) is 2.10. The maximum Gasteiger partial charge on any atom is 0.416 e. The third-order valence-corrected chi connectivity index (χ3v) is 5.22. The molecule has 0 saturated heterocycles. The Morgan fingerprint density at radius 1 is 0.912 bits per heavy atom. The standard InChI is InChI=1S/C26H24F3NO4/c1-2-23(34-22-13-9-20(10-14-22)25(33)30-16-15-24(31)32)19-5-3-17(4-6-19)18-7-11-21(12-8-18)26(27,28)29/h3-14,23H,2,15-16H2,1H3,(H,30,33)(H,31,32)/t23-/m1/s1. The molecule has 5 nitrogen and oxygen atoms in total. The van der Waals surface area contributed by atoms with Crippen LogP contribution in [0.2, 0.25) is 0 Å². The Morgan fingerprint density at radius 2 is 1.47 bits per heavy atom. The molecule has 3 aromatic rings. The number of rotatable bonds is 9. The molecule has 1 atom stereocenters. The normalized spacial score (nSPS) is 12.1. The molecule has 3 aromatic carbocycles. The van der Waals surface area contributed by atoms with Gasteiger partial charge in [-0.3, -0.25) is 9.59 Å². The van der Waals surface area contributed by atoms with Crippen LogP contribution in [0.4, 0.5) is 13.2 Å². The summed E-state index contributed by atoms with van der Waals surface area (Å²) in [6, 6.07) is 19.0. The summed E-state index contributed by atoms with van der Waals surface area (Å²) < 4.78 is 44.4. The average molecular weight is 471 g/mol. The first-order chi connectivity index (χ1) is 16.2. The van der Waals surface area contributed by atoms with E-state index in [1.807, 2.05) is 31.2 Å². The Labute approximate surface area is 195 Å². The molecule has 34 heavy (non-hydrogen) atoms. The lowest BCUT2D eigenvalue weighted by Gasteiger charge is -2.19. The van der Waals surface area contributed by atoms with Gasteiger partial charge < -0.3 is 15.2 Å². The summed E-state index contributed by atoms with van der Waals surface area (Å²) in [6.07, 6.45) is -4.09. The molecule has 3 rings (SSSR count). The number of carbonyl (C=O) groups is 2. The van der Waals surface area contributed by atoms with Crippen LogP contribution in [-0.4, -0.2) is 23.5 Å². The minimum Gasteiger partial charge on any atom is -0.486 e. The number of benzene rings is 3. The predicted molar refractivity (Wildman–Crippen MR) is 122 cm³/mol. The molecule has 0 aliphatic heterocycles. The third-order valence-electron chi connectivity index (χ3n) is 5.22. The second-order valence-corrected chi connectivity index (χ2v) is 7.64. The zero-order chi connectivity index (χ0) is 24.7. The second-order valence-electron chi connectivity index (χ2n) is 7.64. The predicted octanol–water partition coefficient (Wildman–Crippen LogP) is 6.11. The van der Waals surface area contributed by atoms with E-state index in [4.69, 9.17) is 9.84 Å². The van der Waals surface area contributed by atoms with Gasteiger partial charge in [0.05, 0.1) is 12.0 Å². The monoisotopic (exact) mass is 471 g/mol. The van der Waals surface area contributed by atoms with E-state index < -0.39 is 17.7 Å². The van der Waals surface area contributed by atoms with E-state index >= 15 is 0 Å². The van der Waals surface area contributed by atoms with Crippen LogP contribution < -0.4 is 10.1 Å². The Morgan fingerprint density at radius 3 is 1.97 bits per heavy atom. The topological polar surface area (TPSA) is 75.6 Å². The highest BCUT2D eigenvalue weighted by Gasteiger charge is 2.30. The fourth-order valence-electron chi connectivity index (χ4n) is 3.36. The van der Waals surface area contributed by atoms with Crippen LogP contribution in [0.5, 0.6) is 5.75 Å². The Kier molecular flexibility index (Phi) is 7.94. The van der Waals surface area contributed by atoms with Gasteiger partial charge in [0.2, 0.25) is 0 Å². The van der Waals surface area contributed by atoms with Crippen molar-refractivity contribution in [2.75, 3.05) is 6.54 Å².